The number of rotatable bonds is 7. The van der Waals surface area contributed by atoms with Crippen LogP contribution in [0.2, 0.25) is 0 Å². The first-order valence-corrected chi connectivity index (χ1v) is 10.3. The van der Waals surface area contributed by atoms with Crippen LogP contribution in [0.15, 0.2) is 63.9 Å². The summed E-state index contributed by atoms with van der Waals surface area (Å²) in [6.07, 6.45) is 0. The van der Waals surface area contributed by atoms with E-state index in [4.69, 9.17) is 9.47 Å². The number of fused-ring (bicyclic) bond motifs is 1. The molecule has 0 bridgehead atoms. The van der Waals surface area contributed by atoms with E-state index in [1.807, 2.05) is 42.5 Å². The molecule has 0 aliphatic heterocycles. The molecule has 0 radical (unpaired) electrons. The molecule has 6 nitrogen and oxygen atoms in total. The van der Waals surface area contributed by atoms with Gasteiger partial charge in [-0.05, 0) is 48.4 Å². The molecule has 0 aliphatic carbocycles. The quantitative estimate of drug-likeness (QED) is 0.352. The minimum atomic E-state index is -0.218. The van der Waals surface area contributed by atoms with Gasteiger partial charge >= 0.3 is 5.69 Å². The summed E-state index contributed by atoms with van der Waals surface area (Å²) in [6.45, 7) is 3.03. The summed E-state index contributed by atoms with van der Waals surface area (Å²) in [5.41, 5.74) is 5.45. The maximum Gasteiger partial charge on any atom is 0.323 e. The number of aromatic amines is 2. The topological polar surface area (TPSA) is 79.1 Å². The number of halogens is 1. The van der Waals surface area contributed by atoms with E-state index in [-0.39, 0.29) is 5.69 Å². The number of anilines is 1. The maximum atomic E-state index is 11.5. The Hall–Kier alpha value is -3.19. The van der Waals surface area contributed by atoms with Gasteiger partial charge in [-0.3, -0.25) is 0 Å². The zero-order valence-electron chi connectivity index (χ0n) is 16.7. The fourth-order valence-corrected chi connectivity index (χ4v) is 3.77. The van der Waals surface area contributed by atoms with Crippen LogP contribution < -0.4 is 20.5 Å². The zero-order chi connectivity index (χ0) is 21.1. The lowest BCUT2D eigenvalue weighted by Crippen LogP contribution is -2.07. The number of methoxy groups -OCH3 is 1. The SMILES string of the molecule is COc1ccc(Br)c(CNc2ccc3[nH]c(=O)[nH]c3c2)c1OCc1ccccc1C. The fraction of sp³-hybridized carbons (Fsp3) is 0.174. The number of aromatic nitrogens is 2. The van der Waals surface area contributed by atoms with Crippen LogP contribution in [0.3, 0.4) is 0 Å². The smallest absolute Gasteiger partial charge is 0.323 e. The van der Waals surface area contributed by atoms with Gasteiger partial charge in [0.1, 0.15) is 6.61 Å². The van der Waals surface area contributed by atoms with Gasteiger partial charge in [0.2, 0.25) is 0 Å². The summed E-state index contributed by atoms with van der Waals surface area (Å²) in [6, 6.07) is 17.7. The van der Waals surface area contributed by atoms with Gasteiger partial charge in [-0.15, -0.1) is 0 Å². The number of aryl methyl sites for hydroxylation is 1. The number of hydrogen-bond acceptors (Lipinski definition) is 4. The summed E-state index contributed by atoms with van der Waals surface area (Å²) in [4.78, 5) is 17.0. The van der Waals surface area contributed by atoms with Crippen LogP contribution >= 0.6 is 15.9 Å². The van der Waals surface area contributed by atoms with Crippen LogP contribution in [0.5, 0.6) is 11.5 Å². The van der Waals surface area contributed by atoms with E-state index >= 15 is 0 Å². The zero-order valence-corrected chi connectivity index (χ0v) is 18.3. The number of benzene rings is 3. The van der Waals surface area contributed by atoms with Gasteiger partial charge in [0.15, 0.2) is 11.5 Å². The summed E-state index contributed by atoms with van der Waals surface area (Å²) in [5, 5.41) is 3.40. The average molecular weight is 468 g/mol. The van der Waals surface area contributed by atoms with Gasteiger partial charge in [-0.2, -0.15) is 0 Å². The first-order valence-electron chi connectivity index (χ1n) is 9.54. The molecule has 154 valence electrons. The minimum Gasteiger partial charge on any atom is -0.493 e. The highest BCUT2D eigenvalue weighted by molar-refractivity contribution is 9.10. The van der Waals surface area contributed by atoms with Crippen molar-refractivity contribution in [2.75, 3.05) is 12.4 Å². The van der Waals surface area contributed by atoms with Crippen molar-refractivity contribution in [1.82, 2.24) is 9.97 Å². The number of H-pyrrole nitrogens is 2. The lowest BCUT2D eigenvalue weighted by atomic mass is 10.1. The fourth-order valence-electron chi connectivity index (χ4n) is 3.32. The highest BCUT2D eigenvalue weighted by Crippen LogP contribution is 2.37. The molecule has 0 aliphatic rings. The number of ether oxygens (including phenoxy) is 2. The summed E-state index contributed by atoms with van der Waals surface area (Å²) >= 11 is 3.64. The molecule has 4 rings (SSSR count). The molecule has 0 unspecified atom stereocenters. The van der Waals surface area contributed by atoms with Crippen molar-refractivity contribution in [2.45, 2.75) is 20.1 Å². The van der Waals surface area contributed by atoms with E-state index in [2.05, 4.69) is 50.3 Å². The lowest BCUT2D eigenvalue weighted by molar-refractivity contribution is 0.281. The summed E-state index contributed by atoms with van der Waals surface area (Å²) < 4.78 is 12.7. The number of imidazole rings is 1. The van der Waals surface area contributed by atoms with Gasteiger partial charge in [-0.25, -0.2) is 4.79 Å². The molecule has 0 fully saturated rings. The monoisotopic (exact) mass is 467 g/mol. The van der Waals surface area contributed by atoms with E-state index in [9.17, 15) is 4.79 Å². The highest BCUT2D eigenvalue weighted by Gasteiger charge is 2.15. The van der Waals surface area contributed by atoms with Gasteiger partial charge in [-0.1, -0.05) is 40.2 Å². The first-order chi connectivity index (χ1) is 14.5. The Labute approximate surface area is 182 Å². The third-order valence-corrected chi connectivity index (χ3v) is 5.75. The Bertz CT molecular complexity index is 1250. The average Bonchev–Trinajstić information content (AvgIpc) is 3.11. The Balaban J connectivity index is 1.59. The lowest BCUT2D eigenvalue weighted by Gasteiger charge is -2.18. The summed E-state index contributed by atoms with van der Waals surface area (Å²) in [7, 11) is 1.64. The van der Waals surface area contributed by atoms with Crippen molar-refractivity contribution >= 4 is 32.7 Å². The molecule has 30 heavy (non-hydrogen) atoms. The van der Waals surface area contributed by atoms with Crippen LogP contribution in [0.4, 0.5) is 5.69 Å². The molecule has 0 spiro atoms. The molecule has 0 saturated carbocycles. The van der Waals surface area contributed by atoms with Crippen LogP contribution in [0.1, 0.15) is 16.7 Å². The van der Waals surface area contributed by atoms with Crippen molar-refractivity contribution in [3.8, 4) is 11.5 Å². The molecule has 0 atom stereocenters. The van der Waals surface area contributed by atoms with Crippen LogP contribution in [-0.4, -0.2) is 17.1 Å². The normalized spacial score (nSPS) is 10.9. The second kappa shape index (κ2) is 8.67. The van der Waals surface area contributed by atoms with Crippen molar-refractivity contribution in [2.24, 2.45) is 0 Å². The van der Waals surface area contributed by atoms with Gasteiger partial charge in [0.25, 0.3) is 0 Å². The molecule has 3 N–H and O–H groups in total. The Morgan fingerprint density at radius 3 is 2.63 bits per heavy atom. The molecule has 0 saturated heterocycles. The molecule has 7 heteroatoms. The van der Waals surface area contributed by atoms with Crippen molar-refractivity contribution in [3.63, 3.8) is 0 Å². The van der Waals surface area contributed by atoms with Crippen molar-refractivity contribution in [3.05, 3.63) is 86.2 Å². The first kappa shape index (κ1) is 20.1. The number of hydrogen-bond donors (Lipinski definition) is 3. The minimum absolute atomic E-state index is 0.218. The molecule has 1 aromatic heterocycles. The maximum absolute atomic E-state index is 11.5. The largest absolute Gasteiger partial charge is 0.493 e. The van der Waals surface area contributed by atoms with E-state index in [1.54, 1.807) is 7.11 Å². The number of nitrogens with one attached hydrogen (secondary N) is 3. The van der Waals surface area contributed by atoms with Gasteiger partial charge in [0, 0.05) is 22.3 Å². The second-order valence-corrected chi connectivity index (χ2v) is 7.82. The van der Waals surface area contributed by atoms with E-state index in [1.165, 1.54) is 5.56 Å². The van der Waals surface area contributed by atoms with E-state index in [0.29, 0.717) is 24.7 Å². The van der Waals surface area contributed by atoms with Crippen LogP contribution in [0, 0.1) is 6.92 Å². The molecule has 4 aromatic rings. The molecular weight excluding hydrogens is 446 g/mol. The second-order valence-electron chi connectivity index (χ2n) is 6.97. The highest BCUT2D eigenvalue weighted by atomic mass is 79.9. The molecule has 0 amide bonds. The standard InChI is InChI=1S/C23H22BrN3O3/c1-14-5-3-4-6-15(14)13-30-22-17(18(24)8-10-21(22)29-2)12-25-16-7-9-19-20(11-16)27-23(28)26-19/h3-11,25H,12-13H2,1-2H3,(H2,26,27,28). The van der Waals surface area contributed by atoms with Crippen LogP contribution in [0.25, 0.3) is 11.0 Å². The van der Waals surface area contributed by atoms with Gasteiger partial charge in [0.05, 0.1) is 18.1 Å². The van der Waals surface area contributed by atoms with Crippen molar-refractivity contribution < 1.29 is 9.47 Å². The third kappa shape index (κ3) is 4.21. The molecular formula is C23H22BrN3O3. The van der Waals surface area contributed by atoms with Gasteiger partial charge < -0.3 is 24.8 Å². The molecule has 3 aromatic carbocycles. The third-order valence-electron chi connectivity index (χ3n) is 5.01. The predicted octanol–water partition coefficient (Wildman–Crippen LogP) is 5.13. The predicted molar refractivity (Wildman–Crippen MR) is 122 cm³/mol. The van der Waals surface area contributed by atoms with Crippen molar-refractivity contribution in [1.29, 1.82) is 0 Å². The summed E-state index contributed by atoms with van der Waals surface area (Å²) in [5.74, 6) is 1.37. The molecule has 1 heterocycles. The Morgan fingerprint density at radius 2 is 1.83 bits per heavy atom. The van der Waals surface area contributed by atoms with Crippen LogP contribution in [-0.2, 0) is 13.2 Å². The van der Waals surface area contributed by atoms with E-state index in [0.717, 1.165) is 32.3 Å². The van der Waals surface area contributed by atoms with E-state index < -0.39 is 0 Å². The Kier molecular flexibility index (Phi) is 5.81. The Morgan fingerprint density at radius 1 is 1.03 bits per heavy atom.